The van der Waals surface area contributed by atoms with Gasteiger partial charge in [-0.3, -0.25) is 14.6 Å². The Labute approximate surface area is 202 Å². The molecule has 0 aliphatic carbocycles. The van der Waals surface area contributed by atoms with E-state index in [1.165, 1.54) is 24.3 Å². The molecule has 1 N–H and O–H groups in total. The summed E-state index contributed by atoms with van der Waals surface area (Å²) in [5.41, 5.74) is 3.00. The first-order valence-electron chi connectivity index (χ1n) is 11.1. The summed E-state index contributed by atoms with van der Waals surface area (Å²) in [6.07, 6.45) is 1.72. The molecule has 0 bridgehead atoms. The molecule has 0 atom stereocenters. The molecule has 0 saturated heterocycles. The van der Waals surface area contributed by atoms with Crippen molar-refractivity contribution in [3.63, 3.8) is 0 Å². The molecule has 1 aromatic heterocycles. The van der Waals surface area contributed by atoms with Crippen LogP contribution in [0.3, 0.4) is 0 Å². The SMILES string of the molecule is O=C(Cc1cccc(F)c1)Nc1ccc(N(Cc2ccccn2)C(=O)Cc2cccc(F)c2)cc1. The summed E-state index contributed by atoms with van der Waals surface area (Å²) in [6, 6.07) is 24.1. The van der Waals surface area contributed by atoms with E-state index in [0.29, 0.717) is 28.2 Å². The summed E-state index contributed by atoms with van der Waals surface area (Å²) >= 11 is 0. The molecule has 7 heteroatoms. The van der Waals surface area contributed by atoms with Crippen LogP contribution in [0, 0.1) is 11.6 Å². The number of carbonyl (C=O) groups excluding carboxylic acids is 2. The normalized spacial score (nSPS) is 10.6. The fourth-order valence-electron chi connectivity index (χ4n) is 3.66. The Morgan fingerprint density at radius 3 is 2.03 bits per heavy atom. The molecule has 2 amide bonds. The van der Waals surface area contributed by atoms with E-state index in [-0.39, 0.29) is 31.2 Å². The van der Waals surface area contributed by atoms with Crippen molar-refractivity contribution in [2.75, 3.05) is 10.2 Å². The maximum absolute atomic E-state index is 13.6. The number of benzene rings is 3. The Balaban J connectivity index is 1.49. The number of aromatic nitrogens is 1. The van der Waals surface area contributed by atoms with E-state index in [9.17, 15) is 18.4 Å². The molecule has 0 unspecified atom stereocenters. The predicted molar refractivity (Wildman–Crippen MR) is 131 cm³/mol. The lowest BCUT2D eigenvalue weighted by atomic mass is 10.1. The van der Waals surface area contributed by atoms with Crippen LogP contribution in [0.15, 0.2) is 97.2 Å². The smallest absolute Gasteiger partial charge is 0.231 e. The fourth-order valence-corrected chi connectivity index (χ4v) is 3.66. The van der Waals surface area contributed by atoms with Crippen LogP contribution in [0.2, 0.25) is 0 Å². The van der Waals surface area contributed by atoms with E-state index in [4.69, 9.17) is 0 Å². The Kier molecular flexibility index (Phi) is 7.57. The van der Waals surface area contributed by atoms with Crippen molar-refractivity contribution >= 4 is 23.2 Å². The number of amides is 2. The zero-order valence-corrected chi connectivity index (χ0v) is 18.8. The van der Waals surface area contributed by atoms with Crippen molar-refractivity contribution in [1.29, 1.82) is 0 Å². The lowest BCUT2D eigenvalue weighted by Crippen LogP contribution is -2.32. The van der Waals surface area contributed by atoms with Gasteiger partial charge in [0.05, 0.1) is 25.1 Å². The number of rotatable bonds is 8. The Morgan fingerprint density at radius 2 is 1.43 bits per heavy atom. The minimum atomic E-state index is -0.398. The highest BCUT2D eigenvalue weighted by Gasteiger charge is 2.18. The van der Waals surface area contributed by atoms with E-state index >= 15 is 0 Å². The molecular formula is C28H23F2N3O2. The highest BCUT2D eigenvalue weighted by molar-refractivity contribution is 5.96. The van der Waals surface area contributed by atoms with Gasteiger partial charge < -0.3 is 10.2 Å². The molecule has 35 heavy (non-hydrogen) atoms. The van der Waals surface area contributed by atoms with Gasteiger partial charge >= 0.3 is 0 Å². The van der Waals surface area contributed by atoms with Crippen LogP contribution in [-0.4, -0.2) is 16.8 Å². The van der Waals surface area contributed by atoms with Crippen LogP contribution in [0.4, 0.5) is 20.2 Å². The molecule has 0 fully saturated rings. The summed E-state index contributed by atoms with van der Waals surface area (Å²) < 4.78 is 27.0. The van der Waals surface area contributed by atoms with Gasteiger partial charge in [0, 0.05) is 17.6 Å². The summed E-state index contributed by atoms with van der Waals surface area (Å²) in [7, 11) is 0. The highest BCUT2D eigenvalue weighted by Crippen LogP contribution is 2.22. The first-order chi connectivity index (χ1) is 17.0. The third kappa shape index (κ3) is 6.80. The van der Waals surface area contributed by atoms with Crippen molar-refractivity contribution < 1.29 is 18.4 Å². The van der Waals surface area contributed by atoms with Gasteiger partial charge in [-0.1, -0.05) is 30.3 Å². The Bertz CT molecular complexity index is 1310. The first-order valence-corrected chi connectivity index (χ1v) is 11.1. The molecular weight excluding hydrogens is 448 g/mol. The fraction of sp³-hybridized carbons (Fsp3) is 0.107. The number of hydrogen-bond acceptors (Lipinski definition) is 3. The largest absolute Gasteiger partial charge is 0.326 e. The lowest BCUT2D eigenvalue weighted by Gasteiger charge is -2.23. The van der Waals surface area contributed by atoms with Gasteiger partial charge in [-0.05, 0) is 71.8 Å². The zero-order valence-electron chi connectivity index (χ0n) is 18.8. The topological polar surface area (TPSA) is 62.3 Å². The second-order valence-electron chi connectivity index (χ2n) is 8.01. The van der Waals surface area contributed by atoms with Crippen LogP contribution < -0.4 is 10.2 Å². The van der Waals surface area contributed by atoms with E-state index in [1.54, 1.807) is 65.7 Å². The van der Waals surface area contributed by atoms with Gasteiger partial charge in [-0.2, -0.15) is 0 Å². The summed E-state index contributed by atoms with van der Waals surface area (Å²) in [5, 5.41) is 2.78. The van der Waals surface area contributed by atoms with Crippen molar-refractivity contribution in [2.45, 2.75) is 19.4 Å². The monoisotopic (exact) mass is 471 g/mol. The zero-order chi connectivity index (χ0) is 24.6. The molecule has 0 radical (unpaired) electrons. The standard InChI is InChI=1S/C28H23F2N3O2/c29-22-7-3-5-20(15-22)17-27(34)32-24-10-12-26(13-11-24)33(19-25-9-1-2-14-31-25)28(35)18-21-6-4-8-23(30)16-21/h1-16H,17-19H2,(H,32,34). The predicted octanol–water partition coefficient (Wildman–Crippen LogP) is 5.32. The second-order valence-corrected chi connectivity index (χ2v) is 8.01. The highest BCUT2D eigenvalue weighted by atomic mass is 19.1. The van der Waals surface area contributed by atoms with Crippen molar-refractivity contribution in [3.8, 4) is 0 Å². The molecule has 176 valence electrons. The van der Waals surface area contributed by atoms with Gasteiger partial charge in [0.1, 0.15) is 11.6 Å². The average molecular weight is 472 g/mol. The van der Waals surface area contributed by atoms with E-state index < -0.39 is 11.6 Å². The maximum atomic E-state index is 13.6. The molecule has 0 saturated carbocycles. The van der Waals surface area contributed by atoms with Crippen LogP contribution in [0.1, 0.15) is 16.8 Å². The Hall–Kier alpha value is -4.39. The number of hydrogen-bond donors (Lipinski definition) is 1. The first kappa shape index (κ1) is 23.8. The summed E-state index contributed by atoms with van der Waals surface area (Å²) in [5.74, 6) is -1.29. The molecule has 0 aliphatic heterocycles. The van der Waals surface area contributed by atoms with Gasteiger partial charge in [0.25, 0.3) is 0 Å². The number of pyridine rings is 1. The quantitative estimate of drug-likeness (QED) is 0.379. The van der Waals surface area contributed by atoms with Crippen LogP contribution in [-0.2, 0) is 29.0 Å². The molecule has 1 heterocycles. The van der Waals surface area contributed by atoms with Crippen LogP contribution >= 0.6 is 0 Å². The third-order valence-electron chi connectivity index (χ3n) is 5.31. The molecule has 4 aromatic rings. The maximum Gasteiger partial charge on any atom is 0.231 e. The molecule has 5 nitrogen and oxygen atoms in total. The minimum Gasteiger partial charge on any atom is -0.326 e. The van der Waals surface area contributed by atoms with Gasteiger partial charge in [-0.25, -0.2) is 8.78 Å². The number of nitrogens with one attached hydrogen (secondary N) is 1. The van der Waals surface area contributed by atoms with Gasteiger partial charge in [0.15, 0.2) is 0 Å². The minimum absolute atomic E-state index is 0.0245. The van der Waals surface area contributed by atoms with Gasteiger partial charge in [-0.15, -0.1) is 0 Å². The number of nitrogens with zero attached hydrogens (tertiary/aromatic N) is 2. The average Bonchev–Trinajstić information content (AvgIpc) is 2.84. The van der Waals surface area contributed by atoms with Crippen LogP contribution in [0.5, 0.6) is 0 Å². The van der Waals surface area contributed by atoms with Crippen molar-refractivity contribution in [3.05, 3.63) is 126 Å². The molecule has 4 rings (SSSR count). The van der Waals surface area contributed by atoms with Gasteiger partial charge in [0.2, 0.25) is 11.8 Å². The van der Waals surface area contributed by atoms with E-state index in [2.05, 4.69) is 10.3 Å². The summed E-state index contributed by atoms with van der Waals surface area (Å²) in [6.45, 7) is 0.236. The van der Waals surface area contributed by atoms with Crippen molar-refractivity contribution in [2.24, 2.45) is 0 Å². The molecule has 0 aliphatic rings. The Morgan fingerprint density at radius 1 is 0.771 bits per heavy atom. The van der Waals surface area contributed by atoms with Crippen molar-refractivity contribution in [1.82, 2.24) is 4.98 Å². The number of carbonyl (C=O) groups is 2. The van der Waals surface area contributed by atoms with E-state index in [1.807, 2.05) is 12.1 Å². The lowest BCUT2D eigenvalue weighted by molar-refractivity contribution is -0.118. The number of anilines is 2. The summed E-state index contributed by atoms with van der Waals surface area (Å²) in [4.78, 5) is 31.4. The van der Waals surface area contributed by atoms with E-state index in [0.717, 1.165) is 0 Å². The number of halogens is 2. The second kappa shape index (κ2) is 11.2. The van der Waals surface area contributed by atoms with Crippen LogP contribution in [0.25, 0.3) is 0 Å². The molecule has 3 aromatic carbocycles. The molecule has 0 spiro atoms. The third-order valence-corrected chi connectivity index (χ3v) is 5.31.